The van der Waals surface area contributed by atoms with E-state index in [4.69, 9.17) is 4.74 Å². The number of thioether (sulfide) groups is 1. The van der Waals surface area contributed by atoms with Gasteiger partial charge in [0.2, 0.25) is 0 Å². The molecule has 4 aromatic rings. The Morgan fingerprint density at radius 3 is 2.44 bits per heavy atom. The minimum atomic E-state index is 0.114. The van der Waals surface area contributed by atoms with E-state index >= 15 is 0 Å². The molecule has 1 fully saturated rings. The molecule has 0 aliphatic carbocycles. The van der Waals surface area contributed by atoms with Crippen molar-refractivity contribution in [3.05, 3.63) is 84.2 Å². The van der Waals surface area contributed by atoms with E-state index in [2.05, 4.69) is 15.2 Å². The van der Waals surface area contributed by atoms with E-state index in [0.717, 1.165) is 65.0 Å². The first kappa shape index (κ1) is 22.2. The molecule has 1 saturated heterocycles. The lowest BCUT2D eigenvalue weighted by atomic mass is 10.1. The summed E-state index contributed by atoms with van der Waals surface area (Å²) < 4.78 is 7.36. The highest BCUT2D eigenvalue weighted by Gasteiger charge is 2.22. The average molecular weight is 472 g/mol. The van der Waals surface area contributed by atoms with E-state index in [9.17, 15) is 4.79 Å². The number of amides is 1. The third kappa shape index (κ3) is 4.54. The van der Waals surface area contributed by atoms with E-state index in [-0.39, 0.29) is 5.91 Å². The molecule has 0 radical (unpaired) electrons. The first-order valence-electron chi connectivity index (χ1n) is 11.2. The van der Waals surface area contributed by atoms with Crippen LogP contribution in [0, 0.1) is 0 Å². The zero-order chi connectivity index (χ0) is 23.3. The third-order valence-electron chi connectivity index (χ3n) is 5.90. The second-order valence-corrected chi connectivity index (χ2v) is 8.96. The summed E-state index contributed by atoms with van der Waals surface area (Å²) in [5.41, 5.74) is 3.62. The number of rotatable bonds is 7. The monoisotopic (exact) mass is 471 g/mol. The molecular weight excluding hydrogens is 446 g/mol. The summed E-state index contributed by atoms with van der Waals surface area (Å²) in [5.74, 6) is 2.24. The zero-order valence-electron chi connectivity index (χ0n) is 18.9. The predicted molar refractivity (Wildman–Crippen MR) is 132 cm³/mol. The van der Waals surface area contributed by atoms with Gasteiger partial charge in [0.15, 0.2) is 11.0 Å². The van der Waals surface area contributed by atoms with Gasteiger partial charge in [0.25, 0.3) is 5.91 Å². The number of methoxy groups -OCH3 is 1. The summed E-state index contributed by atoms with van der Waals surface area (Å²) in [6.45, 7) is 1.67. The van der Waals surface area contributed by atoms with Crippen LogP contribution in [-0.2, 0) is 5.75 Å². The molecular formula is C26H25N5O2S. The quantitative estimate of drug-likeness (QED) is 0.358. The van der Waals surface area contributed by atoms with Crippen molar-refractivity contribution in [3.63, 3.8) is 0 Å². The van der Waals surface area contributed by atoms with Crippen molar-refractivity contribution in [3.8, 4) is 22.8 Å². The number of likely N-dealkylation sites (tertiary alicyclic amines) is 1. The highest BCUT2D eigenvalue weighted by Crippen LogP contribution is 2.31. The third-order valence-corrected chi connectivity index (χ3v) is 6.88. The van der Waals surface area contributed by atoms with Crippen LogP contribution in [0.1, 0.15) is 28.8 Å². The van der Waals surface area contributed by atoms with Crippen molar-refractivity contribution in [2.24, 2.45) is 0 Å². The van der Waals surface area contributed by atoms with E-state index in [0.29, 0.717) is 5.75 Å². The minimum absolute atomic E-state index is 0.114. The fourth-order valence-corrected chi connectivity index (χ4v) is 5.06. The molecule has 0 unspecified atom stereocenters. The first-order valence-corrected chi connectivity index (χ1v) is 12.2. The lowest BCUT2D eigenvalue weighted by Crippen LogP contribution is -2.28. The van der Waals surface area contributed by atoms with Gasteiger partial charge in [0, 0.05) is 48.1 Å². The topological polar surface area (TPSA) is 73.1 Å². The van der Waals surface area contributed by atoms with E-state index in [1.807, 2.05) is 70.1 Å². The molecule has 5 rings (SSSR count). The highest BCUT2D eigenvalue weighted by molar-refractivity contribution is 7.98. The number of aromatic nitrogens is 4. The number of hydrogen-bond acceptors (Lipinski definition) is 6. The van der Waals surface area contributed by atoms with Crippen LogP contribution < -0.4 is 4.74 Å². The molecule has 0 atom stereocenters. The molecule has 0 N–H and O–H groups in total. The molecule has 0 spiro atoms. The Balaban J connectivity index is 1.47. The van der Waals surface area contributed by atoms with Crippen molar-refractivity contribution < 1.29 is 9.53 Å². The number of carbonyl (C=O) groups excluding carboxylic acids is 1. The van der Waals surface area contributed by atoms with Crippen molar-refractivity contribution in [2.45, 2.75) is 23.8 Å². The molecule has 172 valence electrons. The van der Waals surface area contributed by atoms with Gasteiger partial charge in [-0.3, -0.25) is 14.3 Å². The fraction of sp³-hybridized carbons (Fsp3) is 0.231. The van der Waals surface area contributed by atoms with Crippen LogP contribution in [0.4, 0.5) is 0 Å². The average Bonchev–Trinajstić information content (AvgIpc) is 3.58. The molecule has 0 bridgehead atoms. The van der Waals surface area contributed by atoms with Crippen LogP contribution in [0.5, 0.6) is 5.75 Å². The van der Waals surface area contributed by atoms with Crippen molar-refractivity contribution >= 4 is 17.7 Å². The number of hydrogen-bond donors (Lipinski definition) is 0. The Morgan fingerprint density at radius 2 is 1.71 bits per heavy atom. The summed E-state index contributed by atoms with van der Waals surface area (Å²) in [6.07, 6.45) is 5.64. The van der Waals surface area contributed by atoms with Crippen LogP contribution in [-0.4, -0.2) is 50.8 Å². The van der Waals surface area contributed by atoms with Crippen LogP contribution in [0.15, 0.2) is 78.2 Å². The van der Waals surface area contributed by atoms with Crippen molar-refractivity contribution in [1.29, 1.82) is 0 Å². The Morgan fingerprint density at radius 1 is 0.971 bits per heavy atom. The van der Waals surface area contributed by atoms with Gasteiger partial charge < -0.3 is 9.64 Å². The number of pyridine rings is 1. The Labute approximate surface area is 202 Å². The Kier molecular flexibility index (Phi) is 6.58. The van der Waals surface area contributed by atoms with Crippen LogP contribution >= 0.6 is 11.8 Å². The van der Waals surface area contributed by atoms with E-state index in [1.165, 1.54) is 0 Å². The number of benzene rings is 2. The van der Waals surface area contributed by atoms with Crippen molar-refractivity contribution in [1.82, 2.24) is 24.6 Å². The predicted octanol–water partition coefficient (Wildman–Crippen LogP) is 4.87. The Bertz CT molecular complexity index is 1270. The van der Waals surface area contributed by atoms with Crippen LogP contribution in [0.3, 0.4) is 0 Å². The van der Waals surface area contributed by atoms with Gasteiger partial charge in [-0.1, -0.05) is 30.0 Å². The Hall–Kier alpha value is -3.65. The molecule has 3 heterocycles. The molecule has 0 saturated carbocycles. The molecule has 34 heavy (non-hydrogen) atoms. The zero-order valence-corrected chi connectivity index (χ0v) is 19.7. The fourth-order valence-electron chi connectivity index (χ4n) is 4.10. The minimum Gasteiger partial charge on any atom is -0.497 e. The summed E-state index contributed by atoms with van der Waals surface area (Å²) >= 11 is 1.57. The summed E-state index contributed by atoms with van der Waals surface area (Å²) in [7, 11) is 1.65. The maximum atomic E-state index is 13.1. The smallest absolute Gasteiger partial charge is 0.254 e. The summed E-state index contributed by atoms with van der Waals surface area (Å²) in [6, 6.07) is 19.5. The molecule has 8 heteroatoms. The van der Waals surface area contributed by atoms with E-state index < -0.39 is 0 Å². The largest absolute Gasteiger partial charge is 0.497 e. The van der Waals surface area contributed by atoms with Gasteiger partial charge in [0.1, 0.15) is 5.75 Å². The number of ether oxygens (including phenoxy) is 1. The van der Waals surface area contributed by atoms with Crippen LogP contribution in [0.2, 0.25) is 0 Å². The normalized spacial score (nSPS) is 13.3. The standard InChI is InChI=1S/C26H25N5O2S/c1-33-22-10-8-21(9-11-22)31-24(19-12-14-27-15-13-19)28-29-26(31)34-18-20-6-2-3-7-23(20)25(32)30-16-4-5-17-30/h2-3,6-15H,4-5,16-18H2,1H3. The summed E-state index contributed by atoms with van der Waals surface area (Å²) in [4.78, 5) is 19.2. The summed E-state index contributed by atoms with van der Waals surface area (Å²) in [5, 5.41) is 9.75. The van der Waals surface area contributed by atoms with Crippen LogP contribution in [0.25, 0.3) is 17.1 Å². The number of carbonyl (C=O) groups is 1. The van der Waals surface area contributed by atoms with E-state index in [1.54, 1.807) is 31.3 Å². The van der Waals surface area contributed by atoms with Gasteiger partial charge in [-0.15, -0.1) is 10.2 Å². The van der Waals surface area contributed by atoms with Gasteiger partial charge in [-0.2, -0.15) is 0 Å². The second-order valence-electron chi connectivity index (χ2n) is 8.02. The molecule has 2 aromatic carbocycles. The van der Waals surface area contributed by atoms with Crippen molar-refractivity contribution in [2.75, 3.05) is 20.2 Å². The molecule has 1 aliphatic rings. The lowest BCUT2D eigenvalue weighted by molar-refractivity contribution is 0.0792. The van der Waals surface area contributed by atoms with Gasteiger partial charge in [-0.05, 0) is 60.9 Å². The van der Waals surface area contributed by atoms with Gasteiger partial charge in [-0.25, -0.2) is 0 Å². The molecule has 7 nitrogen and oxygen atoms in total. The SMILES string of the molecule is COc1ccc(-n2c(SCc3ccccc3C(=O)N3CCCC3)nnc2-c2ccncc2)cc1. The maximum absolute atomic E-state index is 13.1. The second kappa shape index (κ2) is 10.1. The number of nitrogens with zero attached hydrogens (tertiary/aromatic N) is 5. The van der Waals surface area contributed by atoms with Gasteiger partial charge in [0.05, 0.1) is 7.11 Å². The highest BCUT2D eigenvalue weighted by atomic mass is 32.2. The lowest BCUT2D eigenvalue weighted by Gasteiger charge is -2.17. The molecule has 1 amide bonds. The first-order chi connectivity index (χ1) is 16.7. The molecule has 1 aliphatic heterocycles. The van der Waals surface area contributed by atoms with Gasteiger partial charge >= 0.3 is 0 Å². The molecule has 2 aromatic heterocycles. The maximum Gasteiger partial charge on any atom is 0.254 e.